The Hall–Kier alpha value is -2.91. The standard InChI is InChI=1S/C15H13F4N3O3/c1-2-25-14(24)12-11(21-7-22-12)13(23)20-6-8-5-9(16)3-4-10(8)15(17,18)19/h3-5,7H,2,6H2,1H3,(H,20,23)(H,21,22). The Kier molecular flexibility index (Phi) is 5.40. The number of alkyl halides is 3. The number of aromatic nitrogens is 2. The van der Waals surface area contributed by atoms with E-state index < -0.39 is 41.5 Å². The Morgan fingerprint density at radius 3 is 2.68 bits per heavy atom. The minimum Gasteiger partial charge on any atom is -0.461 e. The van der Waals surface area contributed by atoms with Gasteiger partial charge in [0, 0.05) is 6.54 Å². The van der Waals surface area contributed by atoms with Crippen LogP contribution in [0.4, 0.5) is 17.6 Å². The zero-order valence-electron chi connectivity index (χ0n) is 12.9. The first kappa shape index (κ1) is 18.4. The molecule has 2 rings (SSSR count). The van der Waals surface area contributed by atoms with Crippen LogP contribution in [0.2, 0.25) is 0 Å². The number of nitrogens with one attached hydrogen (secondary N) is 2. The number of aromatic amines is 1. The van der Waals surface area contributed by atoms with Gasteiger partial charge >= 0.3 is 12.1 Å². The highest BCUT2D eigenvalue weighted by Gasteiger charge is 2.33. The summed E-state index contributed by atoms with van der Waals surface area (Å²) < 4.78 is 56.7. The van der Waals surface area contributed by atoms with E-state index in [2.05, 4.69) is 15.3 Å². The van der Waals surface area contributed by atoms with Crippen LogP contribution in [0.1, 0.15) is 39.0 Å². The Morgan fingerprint density at radius 2 is 2.04 bits per heavy atom. The number of nitrogens with zero attached hydrogens (tertiary/aromatic N) is 1. The van der Waals surface area contributed by atoms with Crippen molar-refractivity contribution in [2.24, 2.45) is 0 Å². The van der Waals surface area contributed by atoms with E-state index in [1.807, 2.05) is 0 Å². The van der Waals surface area contributed by atoms with Crippen molar-refractivity contribution in [2.75, 3.05) is 6.61 Å². The first-order chi connectivity index (χ1) is 11.7. The van der Waals surface area contributed by atoms with Gasteiger partial charge in [0.05, 0.1) is 18.5 Å². The fourth-order valence-corrected chi connectivity index (χ4v) is 2.07. The minimum absolute atomic E-state index is 0.0666. The van der Waals surface area contributed by atoms with Crippen LogP contribution in [0.15, 0.2) is 24.5 Å². The van der Waals surface area contributed by atoms with Crippen LogP contribution >= 0.6 is 0 Å². The van der Waals surface area contributed by atoms with Crippen molar-refractivity contribution in [1.29, 1.82) is 0 Å². The van der Waals surface area contributed by atoms with E-state index in [0.717, 1.165) is 6.33 Å². The predicted octanol–water partition coefficient (Wildman–Crippen LogP) is 2.67. The highest BCUT2D eigenvalue weighted by molar-refractivity contribution is 6.02. The molecular weight excluding hydrogens is 346 g/mol. The number of esters is 1. The van der Waals surface area contributed by atoms with Gasteiger partial charge in [-0.25, -0.2) is 14.2 Å². The number of carbonyl (C=O) groups is 2. The van der Waals surface area contributed by atoms with Gasteiger partial charge in [-0.05, 0) is 30.7 Å². The van der Waals surface area contributed by atoms with E-state index in [-0.39, 0.29) is 18.0 Å². The van der Waals surface area contributed by atoms with Gasteiger partial charge in [0.15, 0.2) is 11.4 Å². The van der Waals surface area contributed by atoms with Crippen LogP contribution < -0.4 is 5.32 Å². The molecule has 0 unspecified atom stereocenters. The molecule has 1 heterocycles. The number of ether oxygens (including phenoxy) is 1. The van der Waals surface area contributed by atoms with E-state index in [1.54, 1.807) is 6.92 Å². The van der Waals surface area contributed by atoms with Gasteiger partial charge in [0.2, 0.25) is 0 Å². The van der Waals surface area contributed by atoms with Crippen molar-refractivity contribution >= 4 is 11.9 Å². The molecule has 0 saturated heterocycles. The summed E-state index contributed by atoms with van der Waals surface area (Å²) in [5.74, 6) is -2.60. The Bertz CT molecular complexity index is 787. The van der Waals surface area contributed by atoms with E-state index in [4.69, 9.17) is 4.74 Å². The van der Waals surface area contributed by atoms with Gasteiger partial charge in [-0.3, -0.25) is 4.79 Å². The molecule has 2 N–H and O–H groups in total. The predicted molar refractivity (Wildman–Crippen MR) is 77.1 cm³/mol. The lowest BCUT2D eigenvalue weighted by Gasteiger charge is -2.13. The number of hydrogen-bond acceptors (Lipinski definition) is 4. The molecule has 0 spiro atoms. The number of benzene rings is 1. The second-order valence-corrected chi connectivity index (χ2v) is 4.83. The van der Waals surface area contributed by atoms with E-state index in [9.17, 15) is 27.2 Å². The van der Waals surface area contributed by atoms with Crippen molar-refractivity contribution < 1.29 is 31.9 Å². The number of H-pyrrole nitrogens is 1. The van der Waals surface area contributed by atoms with Crippen LogP contribution in [0.3, 0.4) is 0 Å². The van der Waals surface area contributed by atoms with Crippen LogP contribution in [0.25, 0.3) is 0 Å². The monoisotopic (exact) mass is 359 g/mol. The van der Waals surface area contributed by atoms with Crippen LogP contribution in [0, 0.1) is 5.82 Å². The number of imidazole rings is 1. The summed E-state index contributed by atoms with van der Waals surface area (Å²) in [6, 6.07) is 1.95. The van der Waals surface area contributed by atoms with Crippen molar-refractivity contribution in [1.82, 2.24) is 15.3 Å². The fraction of sp³-hybridized carbons (Fsp3) is 0.267. The molecule has 2 aromatic rings. The zero-order chi connectivity index (χ0) is 18.6. The Labute approximate surface area is 139 Å². The molecule has 0 saturated carbocycles. The third-order valence-electron chi connectivity index (χ3n) is 3.15. The molecular formula is C15H13F4N3O3. The zero-order valence-corrected chi connectivity index (χ0v) is 12.9. The van der Waals surface area contributed by atoms with E-state index >= 15 is 0 Å². The molecule has 0 bridgehead atoms. The largest absolute Gasteiger partial charge is 0.461 e. The maximum absolute atomic E-state index is 13.2. The summed E-state index contributed by atoms with van der Waals surface area (Å²) in [6.45, 7) is 1.04. The molecule has 25 heavy (non-hydrogen) atoms. The number of rotatable bonds is 5. The summed E-state index contributed by atoms with van der Waals surface area (Å²) in [7, 11) is 0. The number of halogens is 4. The quantitative estimate of drug-likeness (QED) is 0.635. The summed E-state index contributed by atoms with van der Waals surface area (Å²) in [5, 5.41) is 2.18. The van der Waals surface area contributed by atoms with Gasteiger partial charge in [0.25, 0.3) is 5.91 Å². The van der Waals surface area contributed by atoms with Crippen molar-refractivity contribution in [3.63, 3.8) is 0 Å². The SMILES string of the molecule is CCOC(=O)c1[nH]cnc1C(=O)NCc1cc(F)ccc1C(F)(F)F. The molecule has 0 radical (unpaired) electrons. The van der Waals surface area contributed by atoms with Gasteiger partial charge in [-0.15, -0.1) is 0 Å². The highest BCUT2D eigenvalue weighted by Crippen LogP contribution is 2.32. The fourth-order valence-electron chi connectivity index (χ4n) is 2.07. The normalized spacial score (nSPS) is 11.2. The summed E-state index contributed by atoms with van der Waals surface area (Å²) in [4.78, 5) is 29.8. The number of carbonyl (C=O) groups excluding carboxylic acids is 2. The summed E-state index contributed by atoms with van der Waals surface area (Å²) in [5.41, 5.74) is -2.08. The maximum atomic E-state index is 13.2. The molecule has 134 valence electrons. The lowest BCUT2D eigenvalue weighted by Crippen LogP contribution is -2.27. The van der Waals surface area contributed by atoms with E-state index in [0.29, 0.717) is 18.2 Å². The third kappa shape index (κ3) is 4.34. The second kappa shape index (κ2) is 7.32. The van der Waals surface area contributed by atoms with Crippen LogP contribution in [-0.2, 0) is 17.5 Å². The molecule has 6 nitrogen and oxygen atoms in total. The molecule has 1 aromatic carbocycles. The lowest BCUT2D eigenvalue weighted by atomic mass is 10.1. The second-order valence-electron chi connectivity index (χ2n) is 4.83. The average Bonchev–Trinajstić information content (AvgIpc) is 3.01. The summed E-state index contributed by atoms with van der Waals surface area (Å²) in [6.07, 6.45) is -3.62. The molecule has 1 aromatic heterocycles. The molecule has 0 fully saturated rings. The van der Waals surface area contributed by atoms with Crippen molar-refractivity contribution in [3.05, 3.63) is 52.9 Å². The van der Waals surface area contributed by atoms with Crippen molar-refractivity contribution in [2.45, 2.75) is 19.6 Å². The first-order valence-electron chi connectivity index (χ1n) is 7.08. The third-order valence-corrected chi connectivity index (χ3v) is 3.15. The minimum atomic E-state index is -4.70. The van der Waals surface area contributed by atoms with Crippen LogP contribution in [-0.4, -0.2) is 28.5 Å². The maximum Gasteiger partial charge on any atom is 0.416 e. The lowest BCUT2D eigenvalue weighted by molar-refractivity contribution is -0.138. The number of hydrogen-bond donors (Lipinski definition) is 2. The van der Waals surface area contributed by atoms with E-state index in [1.165, 1.54) is 0 Å². The summed E-state index contributed by atoms with van der Waals surface area (Å²) >= 11 is 0. The van der Waals surface area contributed by atoms with Crippen molar-refractivity contribution in [3.8, 4) is 0 Å². The van der Waals surface area contributed by atoms with Crippen LogP contribution in [0.5, 0.6) is 0 Å². The molecule has 0 aliphatic heterocycles. The topological polar surface area (TPSA) is 84.1 Å². The molecule has 10 heteroatoms. The Morgan fingerprint density at radius 1 is 1.32 bits per heavy atom. The molecule has 1 amide bonds. The molecule has 0 aliphatic rings. The van der Waals surface area contributed by atoms with Gasteiger partial charge in [-0.2, -0.15) is 13.2 Å². The Balaban J connectivity index is 2.18. The first-order valence-corrected chi connectivity index (χ1v) is 7.08. The van der Waals surface area contributed by atoms with Gasteiger partial charge < -0.3 is 15.0 Å². The van der Waals surface area contributed by atoms with Gasteiger partial charge in [0.1, 0.15) is 5.82 Å². The molecule has 0 atom stereocenters. The molecule has 0 aliphatic carbocycles. The van der Waals surface area contributed by atoms with Gasteiger partial charge in [-0.1, -0.05) is 0 Å². The number of amides is 1. The smallest absolute Gasteiger partial charge is 0.416 e. The average molecular weight is 359 g/mol. The highest BCUT2D eigenvalue weighted by atomic mass is 19.4.